The molecule has 0 aliphatic rings. The molecule has 0 atom stereocenters. The Hall–Kier alpha value is -1.91. The van der Waals surface area contributed by atoms with E-state index in [4.69, 9.17) is 33.7 Å². The van der Waals surface area contributed by atoms with Crippen molar-refractivity contribution in [2.24, 2.45) is 0 Å². The van der Waals surface area contributed by atoms with Crippen molar-refractivity contribution in [3.8, 4) is 0 Å². The van der Waals surface area contributed by atoms with E-state index >= 15 is 0 Å². The number of carbonyl (C=O) groups is 1. The lowest BCUT2D eigenvalue weighted by atomic mass is 10.1. The monoisotopic (exact) mass is 310 g/mol. The van der Waals surface area contributed by atoms with E-state index in [1.54, 1.807) is 36.4 Å². The molecular formula is C14H12Cl2N2O2. The van der Waals surface area contributed by atoms with Gasteiger partial charge in [0.15, 0.2) is 0 Å². The van der Waals surface area contributed by atoms with Gasteiger partial charge in [-0.25, -0.2) is 4.79 Å². The minimum atomic E-state index is -0.472. The molecule has 104 valence electrons. The van der Waals surface area contributed by atoms with E-state index in [1.807, 2.05) is 0 Å². The highest BCUT2D eigenvalue weighted by molar-refractivity contribution is 6.42. The van der Waals surface area contributed by atoms with Crippen LogP contribution in [0.5, 0.6) is 0 Å². The van der Waals surface area contributed by atoms with Crippen molar-refractivity contribution in [3.63, 3.8) is 0 Å². The van der Waals surface area contributed by atoms with Crippen molar-refractivity contribution in [2.45, 2.75) is 0 Å². The summed E-state index contributed by atoms with van der Waals surface area (Å²) in [6.07, 6.45) is 0. The zero-order chi connectivity index (χ0) is 14.7. The molecule has 0 bridgehead atoms. The normalized spacial score (nSPS) is 10.2. The molecule has 0 spiro atoms. The highest BCUT2D eigenvalue weighted by Crippen LogP contribution is 2.29. The van der Waals surface area contributed by atoms with E-state index in [-0.39, 0.29) is 0 Å². The number of ether oxygens (including phenoxy) is 1. The summed E-state index contributed by atoms with van der Waals surface area (Å²) in [5, 5.41) is 3.97. The standard InChI is InChI=1S/C14H12Cl2N2O2/c1-20-14(19)10-6-8(17)2-5-13(10)18-9-3-4-11(15)12(16)7-9/h2-7,18H,17H2,1H3. The van der Waals surface area contributed by atoms with Gasteiger partial charge < -0.3 is 15.8 Å². The van der Waals surface area contributed by atoms with E-state index in [1.165, 1.54) is 7.11 Å². The second-order valence-corrected chi connectivity index (χ2v) is 4.86. The lowest BCUT2D eigenvalue weighted by Crippen LogP contribution is -2.06. The Morgan fingerprint density at radius 1 is 1.15 bits per heavy atom. The minimum Gasteiger partial charge on any atom is -0.465 e. The van der Waals surface area contributed by atoms with Crippen LogP contribution in [0.3, 0.4) is 0 Å². The predicted molar refractivity (Wildman–Crippen MR) is 81.9 cm³/mol. The summed E-state index contributed by atoms with van der Waals surface area (Å²) >= 11 is 11.8. The first-order valence-electron chi connectivity index (χ1n) is 5.71. The molecule has 2 aromatic carbocycles. The molecule has 3 N–H and O–H groups in total. The molecule has 4 nitrogen and oxygen atoms in total. The van der Waals surface area contributed by atoms with Gasteiger partial charge in [-0.1, -0.05) is 23.2 Å². The van der Waals surface area contributed by atoms with Gasteiger partial charge in [0.2, 0.25) is 0 Å². The maximum atomic E-state index is 11.7. The van der Waals surface area contributed by atoms with Crippen molar-refractivity contribution < 1.29 is 9.53 Å². The highest BCUT2D eigenvalue weighted by Gasteiger charge is 2.12. The number of hydrogen-bond acceptors (Lipinski definition) is 4. The lowest BCUT2D eigenvalue weighted by Gasteiger charge is -2.12. The number of carbonyl (C=O) groups excluding carboxylic acids is 1. The predicted octanol–water partition coefficient (Wildman–Crippen LogP) is 4.11. The molecule has 0 fully saturated rings. The van der Waals surface area contributed by atoms with Crippen molar-refractivity contribution in [2.75, 3.05) is 18.2 Å². The van der Waals surface area contributed by atoms with Crippen LogP contribution in [0.4, 0.5) is 17.1 Å². The maximum absolute atomic E-state index is 11.7. The molecule has 0 saturated carbocycles. The molecule has 0 amide bonds. The van der Waals surface area contributed by atoms with Crippen LogP contribution in [0.15, 0.2) is 36.4 Å². The van der Waals surface area contributed by atoms with Gasteiger partial charge in [-0.2, -0.15) is 0 Å². The zero-order valence-corrected chi connectivity index (χ0v) is 12.1. The fourth-order valence-corrected chi connectivity index (χ4v) is 1.98. The zero-order valence-electron chi connectivity index (χ0n) is 10.6. The van der Waals surface area contributed by atoms with Crippen LogP contribution in [0.2, 0.25) is 10.0 Å². The van der Waals surface area contributed by atoms with Crippen LogP contribution in [-0.2, 0) is 4.74 Å². The fourth-order valence-electron chi connectivity index (χ4n) is 1.68. The number of benzene rings is 2. The summed E-state index contributed by atoms with van der Waals surface area (Å²) in [6.45, 7) is 0. The van der Waals surface area contributed by atoms with Gasteiger partial charge >= 0.3 is 5.97 Å². The maximum Gasteiger partial charge on any atom is 0.340 e. The number of nitrogen functional groups attached to an aromatic ring is 1. The van der Waals surface area contributed by atoms with E-state index in [0.29, 0.717) is 32.7 Å². The largest absolute Gasteiger partial charge is 0.465 e. The Morgan fingerprint density at radius 3 is 2.55 bits per heavy atom. The van der Waals surface area contributed by atoms with Crippen LogP contribution in [-0.4, -0.2) is 13.1 Å². The first-order chi connectivity index (χ1) is 9.51. The minimum absolute atomic E-state index is 0.346. The van der Waals surface area contributed by atoms with Crippen LogP contribution < -0.4 is 11.1 Å². The topological polar surface area (TPSA) is 64.3 Å². The Labute approximate surface area is 126 Å². The smallest absolute Gasteiger partial charge is 0.340 e. The molecule has 6 heteroatoms. The van der Waals surface area contributed by atoms with Gasteiger partial charge in [-0.3, -0.25) is 0 Å². The van der Waals surface area contributed by atoms with Gasteiger partial charge in [-0.15, -0.1) is 0 Å². The van der Waals surface area contributed by atoms with Crippen molar-refractivity contribution >= 4 is 46.2 Å². The summed E-state index contributed by atoms with van der Waals surface area (Å²) in [7, 11) is 1.31. The second kappa shape index (κ2) is 6.03. The Morgan fingerprint density at radius 2 is 1.90 bits per heavy atom. The average Bonchev–Trinajstić information content (AvgIpc) is 2.44. The van der Waals surface area contributed by atoms with E-state index in [2.05, 4.69) is 5.32 Å². The Kier molecular flexibility index (Phi) is 4.37. The Bertz CT molecular complexity index is 660. The molecule has 0 unspecified atom stereocenters. The number of esters is 1. The third-order valence-corrected chi connectivity index (χ3v) is 3.39. The van der Waals surface area contributed by atoms with E-state index in [0.717, 1.165) is 0 Å². The van der Waals surface area contributed by atoms with Crippen molar-refractivity contribution in [1.82, 2.24) is 0 Å². The number of nitrogens with two attached hydrogens (primary N) is 1. The highest BCUT2D eigenvalue weighted by atomic mass is 35.5. The number of halogens is 2. The number of anilines is 3. The molecule has 0 aliphatic heterocycles. The average molecular weight is 311 g/mol. The van der Waals surface area contributed by atoms with Crippen molar-refractivity contribution in [3.05, 3.63) is 52.0 Å². The van der Waals surface area contributed by atoms with Crippen LogP contribution in [0.25, 0.3) is 0 Å². The van der Waals surface area contributed by atoms with Crippen LogP contribution in [0.1, 0.15) is 10.4 Å². The summed E-state index contributed by atoms with van der Waals surface area (Å²) in [5.41, 5.74) is 7.78. The summed E-state index contributed by atoms with van der Waals surface area (Å²) < 4.78 is 4.73. The molecule has 2 rings (SSSR count). The van der Waals surface area contributed by atoms with Gasteiger partial charge in [0.25, 0.3) is 0 Å². The van der Waals surface area contributed by atoms with Gasteiger partial charge in [0, 0.05) is 11.4 Å². The number of hydrogen-bond donors (Lipinski definition) is 2. The number of nitrogens with one attached hydrogen (secondary N) is 1. The van der Waals surface area contributed by atoms with Crippen LogP contribution >= 0.6 is 23.2 Å². The summed E-state index contributed by atoms with van der Waals surface area (Å²) in [5.74, 6) is -0.472. The molecule has 0 aromatic heterocycles. The summed E-state index contributed by atoms with van der Waals surface area (Å²) in [6, 6.07) is 10.0. The Balaban J connectivity index is 2.37. The van der Waals surface area contributed by atoms with E-state index < -0.39 is 5.97 Å². The van der Waals surface area contributed by atoms with Gasteiger partial charge in [0.1, 0.15) is 0 Å². The molecule has 2 aromatic rings. The third-order valence-electron chi connectivity index (χ3n) is 2.65. The molecule has 0 saturated heterocycles. The molecule has 0 aliphatic carbocycles. The number of methoxy groups -OCH3 is 1. The molecule has 20 heavy (non-hydrogen) atoms. The fraction of sp³-hybridized carbons (Fsp3) is 0.0714. The molecular weight excluding hydrogens is 299 g/mol. The quantitative estimate of drug-likeness (QED) is 0.661. The lowest BCUT2D eigenvalue weighted by molar-refractivity contribution is 0.0602. The second-order valence-electron chi connectivity index (χ2n) is 4.05. The van der Waals surface area contributed by atoms with Crippen molar-refractivity contribution in [1.29, 1.82) is 0 Å². The third kappa shape index (κ3) is 3.15. The SMILES string of the molecule is COC(=O)c1cc(N)ccc1Nc1ccc(Cl)c(Cl)c1. The first kappa shape index (κ1) is 14.5. The summed E-state index contributed by atoms with van der Waals surface area (Å²) in [4.78, 5) is 11.7. The first-order valence-corrected chi connectivity index (χ1v) is 6.47. The molecule has 0 heterocycles. The number of rotatable bonds is 3. The van der Waals surface area contributed by atoms with Gasteiger partial charge in [-0.05, 0) is 36.4 Å². The van der Waals surface area contributed by atoms with Crippen LogP contribution in [0, 0.1) is 0 Å². The molecule has 0 radical (unpaired) electrons. The van der Waals surface area contributed by atoms with Gasteiger partial charge in [0.05, 0.1) is 28.4 Å². The van der Waals surface area contributed by atoms with E-state index in [9.17, 15) is 4.79 Å².